The van der Waals surface area contributed by atoms with Crippen LogP contribution in [-0.2, 0) is 18.4 Å². The Morgan fingerprint density at radius 1 is 1.12 bits per heavy atom. The molecule has 0 spiro atoms. The van der Waals surface area contributed by atoms with Gasteiger partial charge in [-0.1, -0.05) is 61.2 Å². The lowest BCUT2D eigenvalue weighted by molar-refractivity contribution is -0.113. The first-order valence-corrected chi connectivity index (χ1v) is 11.7. The average molecular weight is 463 g/mol. The highest BCUT2D eigenvalue weighted by molar-refractivity contribution is 7.99. The topological polar surface area (TPSA) is 78.2 Å². The molecule has 2 heterocycles. The molecule has 0 unspecified atom stereocenters. The number of hydrogen-bond donors (Lipinski definition) is 1. The summed E-state index contributed by atoms with van der Waals surface area (Å²) in [4.78, 5) is 30.9. The van der Waals surface area contributed by atoms with Crippen LogP contribution in [-0.4, -0.2) is 32.9 Å². The van der Waals surface area contributed by atoms with Gasteiger partial charge in [0, 0.05) is 25.4 Å². The van der Waals surface area contributed by atoms with Gasteiger partial charge < -0.3 is 14.6 Å². The van der Waals surface area contributed by atoms with Crippen molar-refractivity contribution in [3.05, 3.63) is 71.1 Å². The number of benzene rings is 2. The smallest absolute Gasteiger partial charge is 0.278 e. The van der Waals surface area contributed by atoms with Crippen molar-refractivity contribution in [2.24, 2.45) is 7.05 Å². The third-order valence-corrected chi connectivity index (χ3v) is 6.26. The van der Waals surface area contributed by atoms with Crippen LogP contribution in [0, 0.1) is 0 Å². The van der Waals surface area contributed by atoms with Gasteiger partial charge in [-0.25, -0.2) is 4.98 Å². The molecule has 0 saturated carbocycles. The SMILES string of the molecule is CCCn1c(SCC(=O)Nc2ccccc2OC)nc2c(-c3ccccc3)cn(C)c2c1=O. The maximum absolute atomic E-state index is 13.4. The molecule has 0 fully saturated rings. The fourth-order valence-corrected chi connectivity index (χ4v) is 4.59. The monoisotopic (exact) mass is 462 g/mol. The van der Waals surface area contributed by atoms with Crippen molar-refractivity contribution < 1.29 is 9.53 Å². The number of hydrogen-bond acceptors (Lipinski definition) is 5. The standard InChI is InChI=1S/C25H26N4O3S/c1-4-14-29-24(31)23-22(18(15-28(23)2)17-10-6-5-7-11-17)27-25(29)33-16-21(30)26-19-12-8-9-13-20(19)32-3/h5-13,15H,4,14,16H2,1-3H3,(H,26,30). The number of amides is 1. The number of nitrogens with one attached hydrogen (secondary N) is 1. The number of anilines is 1. The van der Waals surface area contributed by atoms with Crippen LogP contribution < -0.4 is 15.6 Å². The van der Waals surface area contributed by atoms with E-state index in [0.717, 1.165) is 17.5 Å². The molecular formula is C25H26N4O3S. The minimum atomic E-state index is -0.196. The number of aromatic nitrogens is 3. The Morgan fingerprint density at radius 3 is 2.58 bits per heavy atom. The number of methoxy groups -OCH3 is 1. The molecule has 0 bridgehead atoms. The van der Waals surface area contributed by atoms with Crippen LogP contribution in [0.15, 0.2) is 70.7 Å². The van der Waals surface area contributed by atoms with Gasteiger partial charge in [0.1, 0.15) is 16.8 Å². The van der Waals surface area contributed by atoms with Gasteiger partial charge in [0.15, 0.2) is 5.16 Å². The lowest BCUT2D eigenvalue weighted by Gasteiger charge is -2.13. The molecule has 2 aromatic heterocycles. The summed E-state index contributed by atoms with van der Waals surface area (Å²) in [7, 11) is 3.42. The third kappa shape index (κ3) is 4.66. The zero-order valence-electron chi connectivity index (χ0n) is 18.9. The van der Waals surface area contributed by atoms with Gasteiger partial charge in [-0.3, -0.25) is 14.2 Å². The number of nitrogens with zero attached hydrogens (tertiary/aromatic N) is 3. The molecule has 1 N–H and O–H groups in total. The van der Waals surface area contributed by atoms with E-state index in [0.29, 0.717) is 34.2 Å². The predicted octanol–water partition coefficient (Wildman–Crippen LogP) is 4.55. The van der Waals surface area contributed by atoms with E-state index in [1.165, 1.54) is 11.8 Å². The second kappa shape index (κ2) is 9.95. The van der Waals surface area contributed by atoms with Crippen molar-refractivity contribution in [2.45, 2.75) is 25.0 Å². The van der Waals surface area contributed by atoms with E-state index in [2.05, 4.69) is 5.32 Å². The third-order valence-electron chi connectivity index (χ3n) is 5.29. The number of ether oxygens (including phenoxy) is 1. The van der Waals surface area contributed by atoms with Crippen LogP contribution in [0.3, 0.4) is 0 Å². The van der Waals surface area contributed by atoms with Gasteiger partial charge in [-0.15, -0.1) is 0 Å². The van der Waals surface area contributed by atoms with Gasteiger partial charge in [0.25, 0.3) is 5.56 Å². The summed E-state index contributed by atoms with van der Waals surface area (Å²) in [5, 5.41) is 3.41. The molecule has 0 aliphatic heterocycles. The lowest BCUT2D eigenvalue weighted by atomic mass is 10.1. The van der Waals surface area contributed by atoms with E-state index < -0.39 is 0 Å². The number of fused-ring (bicyclic) bond motifs is 1. The number of carbonyl (C=O) groups excluding carboxylic acids is 1. The van der Waals surface area contributed by atoms with Gasteiger partial charge in [-0.05, 0) is 24.1 Å². The Balaban J connectivity index is 1.68. The molecule has 4 aromatic rings. The van der Waals surface area contributed by atoms with Gasteiger partial charge in [-0.2, -0.15) is 0 Å². The van der Waals surface area contributed by atoms with Crippen molar-refractivity contribution in [3.63, 3.8) is 0 Å². The van der Waals surface area contributed by atoms with Crippen LogP contribution >= 0.6 is 11.8 Å². The maximum atomic E-state index is 13.4. The number of rotatable bonds is 8. The van der Waals surface area contributed by atoms with Crippen LogP contribution in [0.2, 0.25) is 0 Å². The highest BCUT2D eigenvalue weighted by Crippen LogP contribution is 2.29. The van der Waals surface area contributed by atoms with Crippen LogP contribution in [0.4, 0.5) is 5.69 Å². The van der Waals surface area contributed by atoms with Crippen molar-refractivity contribution in [1.82, 2.24) is 14.1 Å². The van der Waals surface area contributed by atoms with Crippen LogP contribution in [0.1, 0.15) is 13.3 Å². The predicted molar refractivity (Wildman–Crippen MR) is 133 cm³/mol. The summed E-state index contributed by atoms with van der Waals surface area (Å²) in [6, 6.07) is 17.1. The van der Waals surface area contributed by atoms with E-state index in [-0.39, 0.29) is 17.2 Å². The minimum absolute atomic E-state index is 0.0980. The molecular weight excluding hydrogens is 436 g/mol. The number of aryl methyl sites for hydroxylation is 1. The number of para-hydroxylation sites is 2. The molecule has 0 saturated heterocycles. The molecule has 33 heavy (non-hydrogen) atoms. The first-order chi connectivity index (χ1) is 16.0. The Bertz CT molecular complexity index is 1350. The van der Waals surface area contributed by atoms with Crippen molar-refractivity contribution in [1.29, 1.82) is 0 Å². The quantitative estimate of drug-likeness (QED) is 0.307. The molecule has 4 rings (SSSR count). The van der Waals surface area contributed by atoms with Gasteiger partial charge in [0.2, 0.25) is 5.91 Å². The second-order valence-electron chi connectivity index (χ2n) is 7.61. The fraction of sp³-hybridized carbons (Fsp3) is 0.240. The zero-order chi connectivity index (χ0) is 23.4. The molecule has 8 heteroatoms. The Hall–Kier alpha value is -3.52. The van der Waals surface area contributed by atoms with Gasteiger partial charge in [0.05, 0.1) is 18.6 Å². The largest absolute Gasteiger partial charge is 0.495 e. The highest BCUT2D eigenvalue weighted by atomic mass is 32.2. The summed E-state index contributed by atoms with van der Waals surface area (Å²) in [6.45, 7) is 2.55. The number of thioether (sulfide) groups is 1. The Kier molecular flexibility index (Phi) is 6.84. The van der Waals surface area contributed by atoms with Crippen molar-refractivity contribution in [3.8, 4) is 16.9 Å². The Morgan fingerprint density at radius 2 is 1.85 bits per heavy atom. The lowest BCUT2D eigenvalue weighted by Crippen LogP contribution is -2.25. The minimum Gasteiger partial charge on any atom is -0.495 e. The van der Waals surface area contributed by atoms with Crippen molar-refractivity contribution >= 4 is 34.4 Å². The number of carbonyl (C=O) groups is 1. The highest BCUT2D eigenvalue weighted by Gasteiger charge is 2.19. The van der Waals surface area contributed by atoms with E-state index in [4.69, 9.17) is 9.72 Å². The molecule has 0 aliphatic rings. The summed E-state index contributed by atoms with van der Waals surface area (Å²) in [5.74, 6) is 0.515. The van der Waals surface area contributed by atoms with E-state index in [9.17, 15) is 9.59 Å². The average Bonchev–Trinajstić information content (AvgIpc) is 3.17. The molecule has 0 aliphatic carbocycles. The van der Waals surface area contributed by atoms with Crippen molar-refractivity contribution in [2.75, 3.05) is 18.2 Å². The first-order valence-electron chi connectivity index (χ1n) is 10.7. The Labute approximate surface area is 196 Å². The van der Waals surface area contributed by atoms with E-state index >= 15 is 0 Å². The molecule has 7 nitrogen and oxygen atoms in total. The van der Waals surface area contributed by atoms with Gasteiger partial charge >= 0.3 is 0 Å². The summed E-state index contributed by atoms with van der Waals surface area (Å²) >= 11 is 1.26. The molecule has 1 amide bonds. The van der Waals surface area contributed by atoms with Crippen LogP contribution in [0.5, 0.6) is 5.75 Å². The molecule has 170 valence electrons. The van der Waals surface area contributed by atoms with Crippen LogP contribution in [0.25, 0.3) is 22.2 Å². The normalized spacial score (nSPS) is 11.0. The summed E-state index contributed by atoms with van der Waals surface area (Å²) < 4.78 is 8.80. The fourth-order valence-electron chi connectivity index (χ4n) is 3.77. The first kappa shape index (κ1) is 22.7. The molecule has 0 atom stereocenters. The summed E-state index contributed by atoms with van der Waals surface area (Å²) in [6.07, 6.45) is 2.72. The second-order valence-corrected chi connectivity index (χ2v) is 8.55. The maximum Gasteiger partial charge on any atom is 0.278 e. The molecule has 2 aromatic carbocycles. The zero-order valence-corrected chi connectivity index (χ0v) is 19.7. The summed E-state index contributed by atoms with van der Waals surface area (Å²) in [5.41, 5.74) is 3.61. The van der Waals surface area contributed by atoms with E-state index in [1.807, 2.05) is 67.2 Å². The molecule has 0 radical (unpaired) electrons. The van der Waals surface area contributed by atoms with E-state index in [1.54, 1.807) is 23.8 Å².